The molecule has 0 aliphatic carbocycles. The molecule has 0 saturated carbocycles. The number of pyridine rings is 1. The van der Waals surface area contributed by atoms with Gasteiger partial charge in [-0.1, -0.05) is 24.3 Å². The summed E-state index contributed by atoms with van der Waals surface area (Å²) in [7, 11) is 0. The Balaban J connectivity index is 1.59. The van der Waals surface area contributed by atoms with E-state index < -0.39 is 0 Å². The summed E-state index contributed by atoms with van der Waals surface area (Å²) < 4.78 is 5.64. The van der Waals surface area contributed by atoms with Crippen molar-refractivity contribution >= 4 is 5.91 Å². The third kappa shape index (κ3) is 2.79. The van der Waals surface area contributed by atoms with E-state index in [2.05, 4.69) is 10.3 Å². The lowest BCUT2D eigenvalue weighted by atomic mass is 9.96. The minimum atomic E-state index is -0.124. The second-order valence-corrected chi connectivity index (χ2v) is 4.90. The summed E-state index contributed by atoms with van der Waals surface area (Å²) >= 11 is 0. The molecule has 4 nitrogen and oxygen atoms in total. The quantitative estimate of drug-likeness (QED) is 0.925. The van der Waals surface area contributed by atoms with Crippen LogP contribution in [0.5, 0.6) is 5.75 Å². The summed E-state index contributed by atoms with van der Waals surface area (Å²) in [5.74, 6) is 0.800. The van der Waals surface area contributed by atoms with Crippen molar-refractivity contribution in [1.82, 2.24) is 10.3 Å². The lowest BCUT2D eigenvalue weighted by molar-refractivity contribution is -0.126. The summed E-state index contributed by atoms with van der Waals surface area (Å²) in [6.07, 6.45) is 4.21. The van der Waals surface area contributed by atoms with Gasteiger partial charge in [-0.2, -0.15) is 0 Å². The standard InChI is InChI=1S/C16H16N2O2/c19-16(18-10-12-4-3-7-17-9-12)14-8-13-5-1-2-6-15(13)20-11-14/h1-7,9,14H,8,10-11H2,(H,18,19). The number of ether oxygens (including phenoxy) is 1. The van der Waals surface area contributed by atoms with Crippen LogP contribution in [0.4, 0.5) is 0 Å². The van der Waals surface area contributed by atoms with Crippen LogP contribution in [0.15, 0.2) is 48.8 Å². The topological polar surface area (TPSA) is 51.2 Å². The van der Waals surface area contributed by atoms with Gasteiger partial charge in [0.2, 0.25) is 5.91 Å². The first-order chi connectivity index (χ1) is 9.83. The largest absolute Gasteiger partial charge is 0.492 e. The monoisotopic (exact) mass is 268 g/mol. The molecule has 0 saturated heterocycles. The summed E-state index contributed by atoms with van der Waals surface area (Å²) in [5.41, 5.74) is 2.10. The second-order valence-electron chi connectivity index (χ2n) is 4.90. The van der Waals surface area contributed by atoms with Gasteiger partial charge >= 0.3 is 0 Å². The molecule has 0 bridgehead atoms. The van der Waals surface area contributed by atoms with Gasteiger partial charge in [0.25, 0.3) is 0 Å². The number of fused-ring (bicyclic) bond motifs is 1. The van der Waals surface area contributed by atoms with E-state index in [1.54, 1.807) is 12.4 Å². The van der Waals surface area contributed by atoms with Gasteiger partial charge in [0.1, 0.15) is 12.4 Å². The van der Waals surface area contributed by atoms with E-state index in [4.69, 9.17) is 4.74 Å². The van der Waals surface area contributed by atoms with E-state index in [0.29, 0.717) is 13.2 Å². The number of hydrogen-bond acceptors (Lipinski definition) is 3. The molecule has 102 valence electrons. The number of nitrogens with one attached hydrogen (secondary N) is 1. The SMILES string of the molecule is O=C(NCc1cccnc1)C1COc2ccccc2C1. The van der Waals surface area contributed by atoms with Gasteiger partial charge in [-0.3, -0.25) is 9.78 Å². The molecular weight excluding hydrogens is 252 g/mol. The van der Waals surface area contributed by atoms with Gasteiger partial charge in [0, 0.05) is 18.9 Å². The summed E-state index contributed by atoms with van der Waals surface area (Å²) in [4.78, 5) is 16.2. The number of carbonyl (C=O) groups excluding carboxylic acids is 1. The first-order valence-electron chi connectivity index (χ1n) is 6.70. The zero-order chi connectivity index (χ0) is 13.8. The Hall–Kier alpha value is -2.36. The van der Waals surface area contributed by atoms with E-state index in [1.165, 1.54) is 0 Å². The molecule has 3 rings (SSSR count). The second kappa shape index (κ2) is 5.74. The van der Waals surface area contributed by atoms with Crippen molar-refractivity contribution in [1.29, 1.82) is 0 Å². The van der Waals surface area contributed by atoms with Crippen LogP contribution < -0.4 is 10.1 Å². The maximum atomic E-state index is 12.2. The molecule has 2 heterocycles. The number of aromatic nitrogens is 1. The number of hydrogen-bond donors (Lipinski definition) is 1. The molecular formula is C16H16N2O2. The Morgan fingerprint density at radius 2 is 2.20 bits per heavy atom. The molecule has 1 aliphatic heterocycles. The molecule has 2 aromatic rings. The minimum absolute atomic E-state index is 0.0309. The fraction of sp³-hybridized carbons (Fsp3) is 0.250. The van der Waals surface area contributed by atoms with Crippen LogP contribution in [0.1, 0.15) is 11.1 Å². The number of para-hydroxylation sites is 1. The number of amides is 1. The van der Waals surface area contributed by atoms with Crippen molar-refractivity contribution in [2.75, 3.05) is 6.61 Å². The Labute approximate surface area is 117 Å². The van der Waals surface area contributed by atoms with Crippen molar-refractivity contribution in [3.63, 3.8) is 0 Å². The van der Waals surface area contributed by atoms with Crippen LogP contribution in [0.25, 0.3) is 0 Å². The van der Waals surface area contributed by atoms with Crippen molar-refractivity contribution in [3.05, 3.63) is 59.9 Å². The molecule has 4 heteroatoms. The zero-order valence-corrected chi connectivity index (χ0v) is 11.1. The number of rotatable bonds is 3. The van der Waals surface area contributed by atoms with Crippen LogP contribution in [0.2, 0.25) is 0 Å². The minimum Gasteiger partial charge on any atom is -0.492 e. The molecule has 1 aromatic carbocycles. The molecule has 1 aliphatic rings. The summed E-state index contributed by atoms with van der Waals surface area (Å²) in [5, 5.41) is 2.94. The Kier molecular flexibility index (Phi) is 3.63. The maximum absolute atomic E-state index is 12.2. The van der Waals surface area contributed by atoms with Crippen molar-refractivity contribution in [3.8, 4) is 5.75 Å². The average Bonchev–Trinajstić information content (AvgIpc) is 2.53. The van der Waals surface area contributed by atoms with Crippen LogP contribution in [-0.2, 0) is 17.8 Å². The van der Waals surface area contributed by atoms with Gasteiger partial charge in [-0.05, 0) is 29.7 Å². The van der Waals surface area contributed by atoms with Crippen molar-refractivity contribution in [2.24, 2.45) is 5.92 Å². The Bertz CT molecular complexity index is 598. The third-order valence-electron chi connectivity index (χ3n) is 3.44. The Morgan fingerprint density at radius 1 is 1.30 bits per heavy atom. The molecule has 0 spiro atoms. The average molecular weight is 268 g/mol. The molecule has 1 N–H and O–H groups in total. The predicted octanol–water partition coefficient (Wildman–Crippen LogP) is 1.95. The molecule has 1 aromatic heterocycles. The fourth-order valence-electron chi connectivity index (χ4n) is 2.33. The van der Waals surface area contributed by atoms with Crippen LogP contribution >= 0.6 is 0 Å². The molecule has 1 amide bonds. The first kappa shape index (κ1) is 12.7. The zero-order valence-electron chi connectivity index (χ0n) is 11.1. The smallest absolute Gasteiger partial charge is 0.227 e. The number of nitrogens with zero attached hydrogens (tertiary/aromatic N) is 1. The highest BCUT2D eigenvalue weighted by Crippen LogP contribution is 2.26. The van der Waals surface area contributed by atoms with E-state index in [1.807, 2.05) is 36.4 Å². The highest BCUT2D eigenvalue weighted by molar-refractivity contribution is 5.79. The highest BCUT2D eigenvalue weighted by Gasteiger charge is 2.25. The molecule has 1 unspecified atom stereocenters. The molecule has 1 atom stereocenters. The van der Waals surface area contributed by atoms with E-state index in [-0.39, 0.29) is 11.8 Å². The highest BCUT2D eigenvalue weighted by atomic mass is 16.5. The molecule has 0 radical (unpaired) electrons. The summed E-state index contributed by atoms with van der Waals surface area (Å²) in [6, 6.07) is 11.7. The van der Waals surface area contributed by atoms with Gasteiger partial charge < -0.3 is 10.1 Å². The first-order valence-corrected chi connectivity index (χ1v) is 6.70. The van der Waals surface area contributed by atoms with Gasteiger partial charge in [0.15, 0.2) is 0 Å². The van der Waals surface area contributed by atoms with E-state index >= 15 is 0 Å². The number of benzene rings is 1. The van der Waals surface area contributed by atoms with Crippen molar-refractivity contribution < 1.29 is 9.53 Å². The maximum Gasteiger partial charge on any atom is 0.227 e. The van der Waals surface area contributed by atoms with Crippen LogP contribution in [-0.4, -0.2) is 17.5 Å². The van der Waals surface area contributed by atoms with Crippen LogP contribution in [0, 0.1) is 5.92 Å². The summed E-state index contributed by atoms with van der Waals surface area (Å²) in [6.45, 7) is 0.945. The third-order valence-corrected chi connectivity index (χ3v) is 3.44. The molecule has 0 fully saturated rings. The fourth-order valence-corrected chi connectivity index (χ4v) is 2.33. The van der Waals surface area contributed by atoms with E-state index in [0.717, 1.165) is 23.3 Å². The normalized spacial score (nSPS) is 16.9. The van der Waals surface area contributed by atoms with Crippen molar-refractivity contribution in [2.45, 2.75) is 13.0 Å². The lowest BCUT2D eigenvalue weighted by Crippen LogP contribution is -2.37. The Morgan fingerprint density at radius 3 is 3.05 bits per heavy atom. The van der Waals surface area contributed by atoms with E-state index in [9.17, 15) is 4.79 Å². The number of carbonyl (C=O) groups is 1. The van der Waals surface area contributed by atoms with Crippen LogP contribution in [0.3, 0.4) is 0 Å². The van der Waals surface area contributed by atoms with Gasteiger partial charge in [0.05, 0.1) is 5.92 Å². The predicted molar refractivity (Wildman–Crippen MR) is 75.2 cm³/mol. The van der Waals surface area contributed by atoms with Gasteiger partial charge in [-0.25, -0.2) is 0 Å². The van der Waals surface area contributed by atoms with Gasteiger partial charge in [-0.15, -0.1) is 0 Å². The molecule has 20 heavy (non-hydrogen) atoms. The lowest BCUT2D eigenvalue weighted by Gasteiger charge is -2.24.